The number of nitrogens with one attached hydrogen (secondary N) is 1. The molecule has 0 unspecified atom stereocenters. The fourth-order valence-corrected chi connectivity index (χ4v) is 3.50. The first kappa shape index (κ1) is 20.9. The molecule has 1 amide bonds. The Kier molecular flexibility index (Phi) is 7.70. The van der Waals surface area contributed by atoms with E-state index in [9.17, 15) is 4.79 Å². The van der Waals surface area contributed by atoms with Gasteiger partial charge in [0.1, 0.15) is 6.61 Å². The zero-order valence-electron chi connectivity index (χ0n) is 17.2. The molecule has 2 aromatic carbocycles. The van der Waals surface area contributed by atoms with Crippen molar-refractivity contribution in [1.29, 1.82) is 0 Å². The normalized spacial score (nSPS) is 14.2. The Labute approximate surface area is 173 Å². The third kappa shape index (κ3) is 6.09. The number of rotatable bonds is 9. The molecule has 5 nitrogen and oxygen atoms in total. The highest BCUT2D eigenvalue weighted by Gasteiger charge is 2.12. The SMILES string of the molecule is C=CCOc1ccc(C(=O)NCc2ccc(CN3CCCCC3)cc2)cc1OC. The predicted molar refractivity (Wildman–Crippen MR) is 115 cm³/mol. The van der Waals surface area contributed by atoms with Crippen LogP contribution in [0.25, 0.3) is 0 Å². The average Bonchev–Trinajstić information content (AvgIpc) is 2.77. The van der Waals surface area contributed by atoms with Crippen molar-refractivity contribution in [3.63, 3.8) is 0 Å². The summed E-state index contributed by atoms with van der Waals surface area (Å²) >= 11 is 0. The number of hydrogen-bond donors (Lipinski definition) is 1. The zero-order chi connectivity index (χ0) is 20.5. The van der Waals surface area contributed by atoms with Crippen molar-refractivity contribution in [3.8, 4) is 11.5 Å². The molecule has 0 aromatic heterocycles. The molecule has 1 aliphatic heterocycles. The van der Waals surface area contributed by atoms with E-state index in [0.29, 0.717) is 30.2 Å². The molecular weight excluding hydrogens is 364 g/mol. The number of amides is 1. The van der Waals surface area contributed by atoms with Crippen molar-refractivity contribution >= 4 is 5.91 Å². The summed E-state index contributed by atoms with van der Waals surface area (Å²) in [5.41, 5.74) is 2.94. The second kappa shape index (κ2) is 10.7. The third-order valence-corrected chi connectivity index (χ3v) is 5.11. The van der Waals surface area contributed by atoms with Crippen LogP contribution < -0.4 is 14.8 Å². The number of carbonyl (C=O) groups is 1. The summed E-state index contributed by atoms with van der Waals surface area (Å²) in [7, 11) is 1.56. The average molecular weight is 395 g/mol. The molecule has 1 fully saturated rings. The summed E-state index contributed by atoms with van der Waals surface area (Å²) in [4.78, 5) is 15.0. The minimum atomic E-state index is -0.143. The van der Waals surface area contributed by atoms with Gasteiger partial charge >= 0.3 is 0 Å². The molecule has 0 aliphatic carbocycles. The largest absolute Gasteiger partial charge is 0.493 e. The lowest BCUT2D eigenvalue weighted by molar-refractivity contribution is 0.0950. The Bertz CT molecular complexity index is 811. The fourth-order valence-electron chi connectivity index (χ4n) is 3.50. The Morgan fingerprint density at radius 1 is 1.07 bits per heavy atom. The van der Waals surface area contributed by atoms with Crippen LogP contribution in [0.3, 0.4) is 0 Å². The minimum absolute atomic E-state index is 0.143. The number of piperidine rings is 1. The number of benzene rings is 2. The van der Waals surface area contributed by atoms with Crippen molar-refractivity contribution in [2.45, 2.75) is 32.4 Å². The molecule has 0 radical (unpaired) electrons. The first-order valence-corrected chi connectivity index (χ1v) is 10.2. The predicted octanol–water partition coefficient (Wildman–Crippen LogP) is 4.18. The van der Waals surface area contributed by atoms with Crippen LogP contribution in [0, 0.1) is 0 Å². The topological polar surface area (TPSA) is 50.8 Å². The van der Waals surface area contributed by atoms with Crippen molar-refractivity contribution in [2.24, 2.45) is 0 Å². The first-order valence-electron chi connectivity index (χ1n) is 10.2. The summed E-state index contributed by atoms with van der Waals surface area (Å²) in [6, 6.07) is 13.7. The quantitative estimate of drug-likeness (QED) is 0.649. The maximum atomic E-state index is 12.5. The van der Waals surface area contributed by atoms with Gasteiger partial charge in [-0.05, 0) is 55.3 Å². The maximum absolute atomic E-state index is 12.5. The fraction of sp³-hybridized carbons (Fsp3) is 0.375. The highest BCUT2D eigenvalue weighted by atomic mass is 16.5. The van der Waals surface area contributed by atoms with Gasteiger partial charge in [-0.15, -0.1) is 0 Å². The number of nitrogens with zero attached hydrogens (tertiary/aromatic N) is 1. The van der Waals surface area contributed by atoms with Gasteiger partial charge in [0.2, 0.25) is 0 Å². The van der Waals surface area contributed by atoms with Gasteiger partial charge in [0, 0.05) is 18.7 Å². The van der Waals surface area contributed by atoms with E-state index in [0.717, 1.165) is 12.1 Å². The van der Waals surface area contributed by atoms with Crippen LogP contribution in [-0.4, -0.2) is 37.6 Å². The van der Waals surface area contributed by atoms with E-state index in [2.05, 4.69) is 41.1 Å². The smallest absolute Gasteiger partial charge is 0.251 e. The van der Waals surface area contributed by atoms with Gasteiger partial charge in [-0.25, -0.2) is 0 Å². The van der Waals surface area contributed by atoms with Gasteiger partial charge in [-0.3, -0.25) is 9.69 Å². The molecular formula is C24H30N2O3. The Morgan fingerprint density at radius 3 is 2.48 bits per heavy atom. The van der Waals surface area contributed by atoms with Crippen LogP contribution in [0.1, 0.15) is 40.7 Å². The van der Waals surface area contributed by atoms with Gasteiger partial charge in [0.25, 0.3) is 5.91 Å². The number of hydrogen-bond acceptors (Lipinski definition) is 4. The molecule has 1 heterocycles. The van der Waals surface area contributed by atoms with E-state index in [1.807, 2.05) is 0 Å². The Hall–Kier alpha value is -2.79. The molecule has 1 saturated heterocycles. The molecule has 2 aromatic rings. The van der Waals surface area contributed by atoms with E-state index < -0.39 is 0 Å². The van der Waals surface area contributed by atoms with Crippen LogP contribution in [0.15, 0.2) is 55.1 Å². The van der Waals surface area contributed by atoms with Crippen LogP contribution in [0.2, 0.25) is 0 Å². The molecule has 154 valence electrons. The number of likely N-dealkylation sites (tertiary alicyclic amines) is 1. The highest BCUT2D eigenvalue weighted by molar-refractivity contribution is 5.94. The maximum Gasteiger partial charge on any atom is 0.251 e. The molecule has 0 bridgehead atoms. The van der Waals surface area contributed by atoms with E-state index in [1.165, 1.54) is 37.9 Å². The lowest BCUT2D eigenvalue weighted by Crippen LogP contribution is -2.29. The highest BCUT2D eigenvalue weighted by Crippen LogP contribution is 2.28. The van der Waals surface area contributed by atoms with Gasteiger partial charge in [0.05, 0.1) is 7.11 Å². The summed E-state index contributed by atoms with van der Waals surface area (Å²) in [6.07, 6.45) is 5.62. The lowest BCUT2D eigenvalue weighted by Gasteiger charge is -2.26. The molecule has 1 N–H and O–H groups in total. The minimum Gasteiger partial charge on any atom is -0.493 e. The first-order chi connectivity index (χ1) is 14.2. The van der Waals surface area contributed by atoms with Crippen LogP contribution in [0.4, 0.5) is 0 Å². The summed E-state index contributed by atoms with van der Waals surface area (Å²) in [5, 5.41) is 2.97. The second-order valence-corrected chi connectivity index (χ2v) is 7.30. The van der Waals surface area contributed by atoms with Gasteiger partial charge in [-0.2, -0.15) is 0 Å². The van der Waals surface area contributed by atoms with Crippen molar-refractivity contribution < 1.29 is 14.3 Å². The van der Waals surface area contributed by atoms with E-state index in [4.69, 9.17) is 9.47 Å². The van der Waals surface area contributed by atoms with Crippen LogP contribution in [-0.2, 0) is 13.1 Å². The summed E-state index contributed by atoms with van der Waals surface area (Å²) < 4.78 is 10.9. The zero-order valence-corrected chi connectivity index (χ0v) is 17.2. The second-order valence-electron chi connectivity index (χ2n) is 7.30. The van der Waals surface area contributed by atoms with E-state index in [-0.39, 0.29) is 5.91 Å². The molecule has 0 spiro atoms. The van der Waals surface area contributed by atoms with Crippen molar-refractivity contribution in [3.05, 3.63) is 71.8 Å². The third-order valence-electron chi connectivity index (χ3n) is 5.11. The van der Waals surface area contributed by atoms with Crippen LogP contribution in [0.5, 0.6) is 11.5 Å². The van der Waals surface area contributed by atoms with Crippen molar-refractivity contribution in [2.75, 3.05) is 26.8 Å². The molecule has 0 atom stereocenters. The van der Waals surface area contributed by atoms with Gasteiger partial charge < -0.3 is 14.8 Å². The molecule has 1 aliphatic rings. The van der Waals surface area contributed by atoms with Gasteiger partial charge in [0.15, 0.2) is 11.5 Å². The summed E-state index contributed by atoms with van der Waals surface area (Å²) in [6.45, 7) is 7.90. The van der Waals surface area contributed by atoms with Gasteiger partial charge in [-0.1, -0.05) is 43.3 Å². The summed E-state index contributed by atoms with van der Waals surface area (Å²) in [5.74, 6) is 0.978. The standard InChI is InChI=1S/C24H30N2O3/c1-3-15-29-22-12-11-21(16-23(22)28-2)24(27)25-17-19-7-9-20(10-8-19)18-26-13-5-4-6-14-26/h3,7-12,16H,1,4-6,13-15,17-18H2,2H3,(H,25,27). The lowest BCUT2D eigenvalue weighted by atomic mass is 10.1. The molecule has 5 heteroatoms. The van der Waals surface area contributed by atoms with Crippen molar-refractivity contribution in [1.82, 2.24) is 10.2 Å². The number of carbonyl (C=O) groups excluding carboxylic acids is 1. The molecule has 29 heavy (non-hydrogen) atoms. The molecule has 0 saturated carbocycles. The van der Waals surface area contributed by atoms with E-state index >= 15 is 0 Å². The van der Waals surface area contributed by atoms with E-state index in [1.54, 1.807) is 31.4 Å². The Balaban J connectivity index is 1.53. The number of ether oxygens (including phenoxy) is 2. The van der Waals surface area contributed by atoms with Crippen LogP contribution >= 0.6 is 0 Å². The Morgan fingerprint density at radius 2 is 1.79 bits per heavy atom. The molecule has 3 rings (SSSR count). The number of methoxy groups -OCH3 is 1. The monoisotopic (exact) mass is 394 g/mol.